The molecule has 5 N–H and O–H groups in total. The Morgan fingerprint density at radius 3 is 2.11 bits per heavy atom. The van der Waals surface area contributed by atoms with Gasteiger partial charge in [0, 0.05) is 44.8 Å². The van der Waals surface area contributed by atoms with Crippen LogP contribution in [-0.4, -0.2) is 187 Å². The minimum absolute atomic E-state index is 0.00788. The number of nitrogens with zero attached hydrogens (tertiary/aromatic N) is 1. The first-order valence-corrected chi connectivity index (χ1v) is 22.7. The molecule has 18 nitrogen and oxygen atoms in total. The second-order valence-corrected chi connectivity index (χ2v) is 18.7. The zero-order valence-electron chi connectivity index (χ0n) is 39.7. The number of aliphatic hydroxyl groups excluding tert-OH is 4. The van der Waals surface area contributed by atoms with Crippen LogP contribution >= 0.6 is 0 Å². The van der Waals surface area contributed by atoms with Crippen molar-refractivity contribution in [1.82, 2.24) is 4.90 Å². The number of ketones is 1. The lowest BCUT2D eigenvalue weighted by Gasteiger charge is -2.50. The van der Waals surface area contributed by atoms with Crippen LogP contribution in [0.1, 0.15) is 87.5 Å². The Hall–Kier alpha value is -2.27. The Labute approximate surface area is 378 Å². The summed E-state index contributed by atoms with van der Waals surface area (Å²) in [4.78, 5) is 41.5. The SMILES string of the molecule is CC[C@H]1OC(=O)C[C@@H](O)[C@H](C)[C@@H](O[C@@H]2O[C@H](C)[C@H](O[C@H]3C[C@@](C)(O)[C@@H](O)[C@H](C)O3)[C@H](N(C)C)[C@H]2O)[C@@H](CC=O)C[C@@H](C)C(=O)/C=C/C(C)=C/[C@@H]1COC1O[C@H](C)[C@@H](O)[C@@H](OC)[C@H]1OC. The molecule has 4 rings (SSSR count). The second-order valence-electron chi connectivity index (χ2n) is 18.7. The van der Waals surface area contributed by atoms with E-state index in [-0.39, 0.29) is 31.7 Å². The van der Waals surface area contributed by atoms with Crippen molar-refractivity contribution in [1.29, 1.82) is 0 Å². The molecule has 18 heteroatoms. The predicted octanol–water partition coefficient (Wildman–Crippen LogP) is 1.83. The van der Waals surface area contributed by atoms with Crippen LogP contribution in [-0.2, 0) is 57.0 Å². The van der Waals surface area contributed by atoms with Gasteiger partial charge in [0.15, 0.2) is 24.7 Å². The molecule has 3 saturated heterocycles. The summed E-state index contributed by atoms with van der Waals surface area (Å²) in [5, 5.41) is 55.8. The van der Waals surface area contributed by atoms with Gasteiger partial charge < -0.3 is 77.9 Å². The molecule has 0 amide bonds. The molecule has 4 heterocycles. The van der Waals surface area contributed by atoms with E-state index in [1.807, 2.05) is 19.9 Å². The molecule has 0 aromatic carbocycles. The highest BCUT2D eigenvalue weighted by atomic mass is 16.7. The molecule has 64 heavy (non-hydrogen) atoms. The fourth-order valence-corrected chi connectivity index (χ4v) is 9.51. The lowest BCUT2D eigenvalue weighted by atomic mass is 9.79. The maximum atomic E-state index is 13.8. The number of aldehydes is 1. The lowest BCUT2D eigenvalue weighted by molar-refractivity contribution is -0.341. The molecule has 1 unspecified atom stereocenters. The molecule has 0 aromatic rings. The average molecular weight is 916 g/mol. The van der Waals surface area contributed by atoms with E-state index in [1.54, 1.807) is 59.7 Å². The van der Waals surface area contributed by atoms with Crippen molar-refractivity contribution in [2.45, 2.75) is 191 Å². The molecule has 368 valence electrons. The third kappa shape index (κ3) is 13.5. The van der Waals surface area contributed by atoms with Gasteiger partial charge in [-0.05, 0) is 73.5 Å². The highest BCUT2D eigenvalue weighted by molar-refractivity contribution is 5.91. The van der Waals surface area contributed by atoms with Crippen LogP contribution in [0.3, 0.4) is 0 Å². The molecule has 3 fully saturated rings. The Kier molecular flexibility index (Phi) is 20.5. The van der Waals surface area contributed by atoms with Gasteiger partial charge in [0.2, 0.25) is 0 Å². The van der Waals surface area contributed by atoms with Crippen molar-refractivity contribution in [2.75, 3.05) is 34.9 Å². The summed E-state index contributed by atoms with van der Waals surface area (Å²) >= 11 is 0. The van der Waals surface area contributed by atoms with Gasteiger partial charge in [-0.25, -0.2) is 0 Å². The van der Waals surface area contributed by atoms with Gasteiger partial charge in [-0.15, -0.1) is 0 Å². The van der Waals surface area contributed by atoms with E-state index < -0.39 is 140 Å². The smallest absolute Gasteiger partial charge is 0.308 e. The normalized spacial score (nSPS) is 45.9. The number of ether oxygens (including phenoxy) is 9. The van der Waals surface area contributed by atoms with Crippen molar-refractivity contribution in [3.05, 3.63) is 23.8 Å². The van der Waals surface area contributed by atoms with E-state index in [4.69, 9.17) is 42.6 Å². The summed E-state index contributed by atoms with van der Waals surface area (Å²) in [6.45, 7) is 13.6. The number of allylic oxidation sites excluding steroid dienone is 3. The monoisotopic (exact) mass is 916 g/mol. The number of hydrogen-bond acceptors (Lipinski definition) is 18. The summed E-state index contributed by atoms with van der Waals surface area (Å²) in [7, 11) is 6.43. The van der Waals surface area contributed by atoms with Crippen molar-refractivity contribution in [3.8, 4) is 0 Å². The van der Waals surface area contributed by atoms with Crippen LogP contribution in [0.5, 0.6) is 0 Å². The van der Waals surface area contributed by atoms with Crippen molar-refractivity contribution >= 4 is 18.0 Å². The van der Waals surface area contributed by atoms with Gasteiger partial charge in [0.25, 0.3) is 0 Å². The van der Waals surface area contributed by atoms with Crippen LogP contribution in [0.4, 0.5) is 0 Å². The number of cyclic esters (lactones) is 1. The summed E-state index contributed by atoms with van der Waals surface area (Å²) < 4.78 is 54.7. The molecule has 4 aliphatic heterocycles. The zero-order chi connectivity index (χ0) is 47.8. The maximum Gasteiger partial charge on any atom is 0.308 e. The molecular formula is C46H77NO17. The lowest BCUT2D eigenvalue weighted by Crippen LogP contribution is -2.65. The number of esters is 1. The van der Waals surface area contributed by atoms with E-state index in [2.05, 4.69) is 0 Å². The Morgan fingerprint density at radius 2 is 1.52 bits per heavy atom. The van der Waals surface area contributed by atoms with Gasteiger partial charge in [-0.1, -0.05) is 38.5 Å². The molecule has 4 aliphatic rings. The highest BCUT2D eigenvalue weighted by Crippen LogP contribution is 2.37. The summed E-state index contributed by atoms with van der Waals surface area (Å²) in [6, 6.07) is -0.748. The predicted molar refractivity (Wildman–Crippen MR) is 230 cm³/mol. The molecule has 0 aromatic heterocycles. The summed E-state index contributed by atoms with van der Waals surface area (Å²) in [5.41, 5.74) is -0.806. The van der Waals surface area contributed by atoms with Gasteiger partial charge in [0.1, 0.15) is 49.0 Å². The molecule has 0 bridgehead atoms. The number of carbonyl (C=O) groups excluding carboxylic acids is 3. The molecule has 0 saturated carbocycles. The summed E-state index contributed by atoms with van der Waals surface area (Å²) in [5.74, 6) is -3.59. The van der Waals surface area contributed by atoms with E-state index in [9.17, 15) is 39.9 Å². The fourth-order valence-electron chi connectivity index (χ4n) is 9.51. The second kappa shape index (κ2) is 24.1. The van der Waals surface area contributed by atoms with Crippen LogP contribution in [0.2, 0.25) is 0 Å². The number of likely N-dealkylation sites (N-methyl/N-ethyl adjacent to an activating group) is 1. The van der Waals surface area contributed by atoms with Gasteiger partial charge in [-0.3, -0.25) is 9.59 Å². The van der Waals surface area contributed by atoms with E-state index in [0.717, 1.165) is 6.29 Å². The van der Waals surface area contributed by atoms with Gasteiger partial charge >= 0.3 is 5.97 Å². The Morgan fingerprint density at radius 1 is 0.859 bits per heavy atom. The van der Waals surface area contributed by atoms with Crippen LogP contribution in [0.15, 0.2) is 23.8 Å². The Balaban J connectivity index is 1.62. The topological polar surface area (TPSA) is 239 Å². The van der Waals surface area contributed by atoms with E-state index >= 15 is 0 Å². The van der Waals surface area contributed by atoms with Crippen molar-refractivity contribution in [3.63, 3.8) is 0 Å². The number of rotatable bonds is 13. The minimum atomic E-state index is -1.49. The molecule has 21 atom stereocenters. The average Bonchev–Trinajstić information content (AvgIpc) is 3.23. The minimum Gasteiger partial charge on any atom is -0.462 e. The highest BCUT2D eigenvalue weighted by Gasteiger charge is 2.52. The van der Waals surface area contributed by atoms with Gasteiger partial charge in [-0.2, -0.15) is 0 Å². The largest absolute Gasteiger partial charge is 0.462 e. The molecule has 0 aliphatic carbocycles. The van der Waals surface area contributed by atoms with Crippen LogP contribution < -0.4 is 0 Å². The number of hydrogen-bond donors (Lipinski definition) is 5. The first-order valence-electron chi connectivity index (χ1n) is 22.7. The van der Waals surface area contributed by atoms with Crippen LogP contribution in [0, 0.1) is 23.7 Å². The van der Waals surface area contributed by atoms with Crippen LogP contribution in [0.25, 0.3) is 0 Å². The molecular weight excluding hydrogens is 838 g/mol. The first-order chi connectivity index (χ1) is 30.1. The Bertz CT molecular complexity index is 1560. The van der Waals surface area contributed by atoms with Crippen molar-refractivity contribution in [2.24, 2.45) is 23.7 Å². The fraction of sp³-hybridized carbons (Fsp3) is 0.848. The molecule has 0 radical (unpaired) electrons. The van der Waals surface area contributed by atoms with Gasteiger partial charge in [0.05, 0.1) is 55.2 Å². The zero-order valence-corrected chi connectivity index (χ0v) is 39.7. The standard InChI is InChI=1S/C46H77NO17/c1-13-33-30(22-58-45-42(57-12)41(56-11)37(52)26(5)60-45)18-23(2)14-15-31(49)24(3)19-29(16-17-48)39(25(4)32(50)20-34(51)62-33)64-44-38(53)36(47(9)10)40(27(6)61-44)63-35-21-46(8,55)43(54)28(7)59-35/h14-15,17-18,24-30,32-33,35-45,50,52-55H,13,16,19-22H2,1-12H3/b15-14+,23-18+/t24-,25+,26-,27-,28+,29+,30-,32-,33-,35+,36-,37-,38-,39-,40+,41-,42-,43+,44+,45?,46-/m1/s1. The maximum absolute atomic E-state index is 13.8. The number of methoxy groups -OCH3 is 2. The van der Waals surface area contributed by atoms with Crippen molar-refractivity contribution < 1.29 is 82.5 Å². The number of aliphatic hydroxyl groups is 5. The molecule has 0 spiro atoms. The third-order valence-corrected chi connectivity index (χ3v) is 13.4. The number of carbonyl (C=O) groups is 3. The van der Waals surface area contributed by atoms with E-state index in [0.29, 0.717) is 12.0 Å². The first kappa shape index (κ1) is 54.3. The van der Waals surface area contributed by atoms with E-state index in [1.165, 1.54) is 27.2 Å². The third-order valence-electron chi connectivity index (χ3n) is 13.4. The summed E-state index contributed by atoms with van der Waals surface area (Å²) in [6.07, 6.45) is -8.49. The quantitative estimate of drug-likeness (QED) is 0.131.